The molecule has 0 aliphatic heterocycles. The van der Waals surface area contributed by atoms with Crippen LogP contribution in [0.5, 0.6) is 11.5 Å². The molecule has 6 heteroatoms. The highest BCUT2D eigenvalue weighted by Gasteiger charge is 2.22. The van der Waals surface area contributed by atoms with Crippen molar-refractivity contribution in [2.75, 3.05) is 33.5 Å². The monoisotopic (exact) mass is 479 g/mol. The van der Waals surface area contributed by atoms with Gasteiger partial charge in [-0.2, -0.15) is 0 Å². The second kappa shape index (κ2) is 15.2. The van der Waals surface area contributed by atoms with Gasteiger partial charge in [0.2, 0.25) is 0 Å². The lowest BCUT2D eigenvalue weighted by molar-refractivity contribution is -0.134. The minimum absolute atomic E-state index is 0.164. The zero-order valence-corrected chi connectivity index (χ0v) is 20.9. The summed E-state index contributed by atoms with van der Waals surface area (Å²) in [7, 11) is 1.66. The summed E-state index contributed by atoms with van der Waals surface area (Å²) in [6.07, 6.45) is -0.346. The van der Waals surface area contributed by atoms with E-state index in [1.54, 1.807) is 7.11 Å². The van der Waals surface area contributed by atoms with Gasteiger partial charge in [0.1, 0.15) is 6.61 Å². The molecular weight excluding hydrogens is 442 g/mol. The fourth-order valence-corrected chi connectivity index (χ4v) is 3.76. The van der Waals surface area contributed by atoms with Crippen LogP contribution in [-0.4, -0.2) is 39.8 Å². The molecule has 0 amide bonds. The van der Waals surface area contributed by atoms with E-state index >= 15 is 0 Å². The molecule has 1 atom stereocenters. The molecule has 6 nitrogen and oxygen atoms in total. The Balaban J connectivity index is 1.80. The number of rotatable bonds is 16. The van der Waals surface area contributed by atoms with E-state index in [1.165, 1.54) is 0 Å². The molecule has 188 valence electrons. The van der Waals surface area contributed by atoms with Crippen molar-refractivity contribution < 1.29 is 23.7 Å². The summed E-state index contributed by atoms with van der Waals surface area (Å²) >= 11 is 0. The predicted octanol–water partition coefficient (Wildman–Crippen LogP) is 5.52. The number of methoxy groups -OCH3 is 1. The first kappa shape index (κ1) is 26.7. The average Bonchev–Trinajstić information content (AvgIpc) is 2.90. The van der Waals surface area contributed by atoms with E-state index in [0.29, 0.717) is 51.1 Å². The van der Waals surface area contributed by atoms with E-state index in [0.717, 1.165) is 16.7 Å². The first-order valence-electron chi connectivity index (χ1n) is 12.2. The average molecular weight is 480 g/mol. The molecule has 0 aliphatic rings. The van der Waals surface area contributed by atoms with Crippen molar-refractivity contribution >= 4 is 0 Å². The molecule has 35 heavy (non-hydrogen) atoms. The lowest BCUT2D eigenvalue weighted by Crippen LogP contribution is -2.36. The van der Waals surface area contributed by atoms with E-state index in [4.69, 9.17) is 23.7 Å². The van der Waals surface area contributed by atoms with Crippen LogP contribution in [0.1, 0.15) is 36.6 Å². The number of hydrogen-bond donors (Lipinski definition) is 1. The second-order valence-corrected chi connectivity index (χ2v) is 7.95. The molecule has 1 unspecified atom stereocenters. The Morgan fingerprint density at radius 2 is 1.37 bits per heavy atom. The topological polar surface area (TPSA) is 58.2 Å². The molecule has 0 aliphatic carbocycles. The van der Waals surface area contributed by atoms with Crippen molar-refractivity contribution in [3.8, 4) is 11.5 Å². The first-order chi connectivity index (χ1) is 17.2. The Labute approximate surface area is 209 Å². The second-order valence-electron chi connectivity index (χ2n) is 7.95. The molecule has 1 N–H and O–H groups in total. The largest absolute Gasteiger partial charge is 0.493 e. The van der Waals surface area contributed by atoms with E-state index in [2.05, 4.69) is 17.4 Å². The third kappa shape index (κ3) is 8.67. The van der Waals surface area contributed by atoms with Crippen LogP contribution in [0.4, 0.5) is 0 Å². The minimum Gasteiger partial charge on any atom is -0.493 e. The normalized spacial score (nSPS) is 12.0. The van der Waals surface area contributed by atoms with E-state index < -0.39 is 0 Å². The van der Waals surface area contributed by atoms with Gasteiger partial charge in [0.25, 0.3) is 0 Å². The summed E-state index contributed by atoms with van der Waals surface area (Å²) in [5, 5.41) is 3.57. The zero-order chi connectivity index (χ0) is 24.7. The number of benzene rings is 3. The summed E-state index contributed by atoms with van der Waals surface area (Å²) in [4.78, 5) is 0. The van der Waals surface area contributed by atoms with E-state index in [-0.39, 0.29) is 12.3 Å². The van der Waals surface area contributed by atoms with Gasteiger partial charge in [-0.3, -0.25) is 0 Å². The highest BCUT2D eigenvalue weighted by Crippen LogP contribution is 2.36. The van der Waals surface area contributed by atoms with Crippen molar-refractivity contribution in [3.05, 3.63) is 95.6 Å². The summed E-state index contributed by atoms with van der Waals surface area (Å²) in [6.45, 7) is 6.98. The van der Waals surface area contributed by atoms with Gasteiger partial charge in [-0.05, 0) is 31.0 Å². The maximum Gasteiger partial charge on any atom is 0.169 e. The molecule has 0 bridgehead atoms. The van der Waals surface area contributed by atoms with Crippen molar-refractivity contribution in [2.24, 2.45) is 0 Å². The van der Waals surface area contributed by atoms with E-state index in [1.807, 2.05) is 80.6 Å². The van der Waals surface area contributed by atoms with Crippen molar-refractivity contribution in [1.29, 1.82) is 0 Å². The maximum absolute atomic E-state index is 6.31. The highest BCUT2D eigenvalue weighted by atomic mass is 16.7. The van der Waals surface area contributed by atoms with Crippen LogP contribution in [0.3, 0.4) is 0 Å². The summed E-state index contributed by atoms with van der Waals surface area (Å²) in [5.74, 6) is 1.38. The van der Waals surface area contributed by atoms with Crippen molar-refractivity contribution in [1.82, 2.24) is 5.32 Å². The van der Waals surface area contributed by atoms with Crippen molar-refractivity contribution in [2.45, 2.75) is 39.4 Å². The van der Waals surface area contributed by atoms with Gasteiger partial charge in [0.05, 0.1) is 26.4 Å². The molecule has 0 saturated carbocycles. The Hall–Kier alpha value is -2.90. The van der Waals surface area contributed by atoms with Gasteiger partial charge in [-0.15, -0.1) is 0 Å². The minimum atomic E-state index is -0.346. The van der Waals surface area contributed by atoms with Crippen LogP contribution in [0, 0.1) is 0 Å². The summed E-state index contributed by atoms with van der Waals surface area (Å²) in [6, 6.07) is 26.0. The fraction of sp³-hybridized carbons (Fsp3) is 0.379. The summed E-state index contributed by atoms with van der Waals surface area (Å²) in [5.41, 5.74) is 3.17. The van der Waals surface area contributed by atoms with Gasteiger partial charge >= 0.3 is 0 Å². The van der Waals surface area contributed by atoms with Crippen LogP contribution >= 0.6 is 0 Å². The summed E-state index contributed by atoms with van der Waals surface area (Å²) < 4.78 is 29.6. The lowest BCUT2D eigenvalue weighted by Gasteiger charge is -2.26. The zero-order valence-electron chi connectivity index (χ0n) is 20.9. The van der Waals surface area contributed by atoms with Crippen LogP contribution in [0.15, 0.2) is 78.9 Å². The molecule has 0 saturated heterocycles. The molecule has 0 radical (unpaired) electrons. The van der Waals surface area contributed by atoms with Crippen LogP contribution in [0.25, 0.3) is 0 Å². The Morgan fingerprint density at radius 3 is 1.97 bits per heavy atom. The van der Waals surface area contributed by atoms with Crippen LogP contribution < -0.4 is 14.8 Å². The smallest absolute Gasteiger partial charge is 0.169 e. The predicted molar refractivity (Wildman–Crippen MR) is 138 cm³/mol. The van der Waals surface area contributed by atoms with E-state index in [9.17, 15) is 0 Å². The number of hydrogen-bond acceptors (Lipinski definition) is 6. The molecule has 0 heterocycles. The molecule has 3 aromatic rings. The first-order valence-corrected chi connectivity index (χ1v) is 12.2. The Bertz CT molecular complexity index is 961. The molecule has 3 aromatic carbocycles. The number of para-hydroxylation sites is 1. The van der Waals surface area contributed by atoms with Crippen molar-refractivity contribution in [3.63, 3.8) is 0 Å². The van der Waals surface area contributed by atoms with Gasteiger partial charge in [-0.1, -0.05) is 72.8 Å². The quantitative estimate of drug-likeness (QED) is 0.273. The molecule has 3 rings (SSSR count). The Kier molecular flexibility index (Phi) is 11.6. The third-order valence-electron chi connectivity index (χ3n) is 5.46. The van der Waals surface area contributed by atoms with Gasteiger partial charge < -0.3 is 29.0 Å². The Morgan fingerprint density at radius 1 is 0.743 bits per heavy atom. The molecular formula is C29H37NO5. The third-order valence-corrected chi connectivity index (χ3v) is 5.46. The van der Waals surface area contributed by atoms with Gasteiger partial charge in [-0.25, -0.2) is 0 Å². The SMILES string of the molecule is CCOC(CNC(COCc1ccccc1)c1cccc(OC)c1OCc1ccccc1)OCC. The number of nitrogens with one attached hydrogen (secondary N) is 1. The van der Waals surface area contributed by atoms with Gasteiger partial charge in [0.15, 0.2) is 17.8 Å². The maximum atomic E-state index is 6.31. The molecule has 0 spiro atoms. The highest BCUT2D eigenvalue weighted by molar-refractivity contribution is 5.48. The lowest BCUT2D eigenvalue weighted by atomic mass is 10.1. The van der Waals surface area contributed by atoms with Gasteiger partial charge in [0, 0.05) is 25.3 Å². The fourth-order valence-electron chi connectivity index (χ4n) is 3.76. The molecule has 0 aromatic heterocycles. The standard InChI is InChI=1S/C29H37NO5/c1-4-33-28(34-5-2)19-30-26(22-32-20-23-13-8-6-9-14-23)25-17-12-18-27(31-3)29(25)35-21-24-15-10-7-11-16-24/h6-18,26,28,30H,4-5,19-22H2,1-3H3. The van der Waals surface area contributed by atoms with Crippen LogP contribution in [0.2, 0.25) is 0 Å². The van der Waals surface area contributed by atoms with Crippen LogP contribution in [-0.2, 0) is 27.4 Å². The number of ether oxygens (including phenoxy) is 5. The molecule has 0 fully saturated rings.